The first-order chi connectivity index (χ1) is 14.4. The van der Waals surface area contributed by atoms with Gasteiger partial charge in [0.05, 0.1) is 12.5 Å². The van der Waals surface area contributed by atoms with Gasteiger partial charge in [-0.1, -0.05) is 26.7 Å². The predicted octanol–water partition coefficient (Wildman–Crippen LogP) is 1.98. The van der Waals surface area contributed by atoms with Crippen molar-refractivity contribution in [3.8, 4) is 0 Å². The van der Waals surface area contributed by atoms with Crippen LogP contribution in [0, 0.1) is 0 Å². The highest BCUT2D eigenvalue weighted by Gasteiger charge is 2.58. The number of carbonyl (C=O) groups is 1. The Bertz CT molecular complexity index is 796. The van der Waals surface area contributed by atoms with E-state index in [1.54, 1.807) is 0 Å². The van der Waals surface area contributed by atoms with Crippen LogP contribution < -0.4 is 11.2 Å². The highest BCUT2D eigenvalue weighted by Crippen LogP contribution is 2.41. The number of H-pyrrole nitrogens is 1. The van der Waals surface area contributed by atoms with E-state index in [4.69, 9.17) is 30.5 Å². The van der Waals surface area contributed by atoms with Gasteiger partial charge in [-0.2, -0.15) is 0 Å². The van der Waals surface area contributed by atoms with Crippen molar-refractivity contribution in [1.29, 1.82) is 0 Å². The molecule has 1 aromatic heterocycles. The molecule has 170 valence electrons. The lowest BCUT2D eigenvalue weighted by Gasteiger charge is -2.33. The van der Waals surface area contributed by atoms with Gasteiger partial charge in [-0.15, -0.1) is 11.6 Å². The number of carbonyl (C=O) groups excluding carboxylic acids is 1. The summed E-state index contributed by atoms with van der Waals surface area (Å²) in [6, 6.07) is 1.20. The van der Waals surface area contributed by atoms with E-state index in [0.717, 1.165) is 25.7 Å². The number of unbranched alkanes of at least 4 members (excludes halogenated alkanes) is 2. The zero-order chi connectivity index (χ0) is 22.1. The summed E-state index contributed by atoms with van der Waals surface area (Å²) in [4.78, 5) is 37.9. The van der Waals surface area contributed by atoms with Crippen LogP contribution in [0.3, 0.4) is 0 Å². The fourth-order valence-electron chi connectivity index (χ4n) is 3.33. The van der Waals surface area contributed by atoms with Gasteiger partial charge in [0.1, 0.15) is 11.7 Å². The molecule has 0 bridgehead atoms. The molecule has 0 unspecified atom stereocenters. The van der Waals surface area contributed by atoms with E-state index in [1.165, 1.54) is 23.8 Å². The lowest BCUT2D eigenvalue weighted by Crippen LogP contribution is -2.51. The van der Waals surface area contributed by atoms with Crippen LogP contribution in [0.4, 0.5) is 0 Å². The minimum Gasteiger partial charge on any atom is -0.455 e. The van der Waals surface area contributed by atoms with Gasteiger partial charge in [-0.3, -0.25) is 19.1 Å². The molecule has 0 radical (unpaired) electrons. The third-order valence-electron chi connectivity index (χ3n) is 4.89. The van der Waals surface area contributed by atoms with Crippen molar-refractivity contribution in [1.82, 2.24) is 9.55 Å². The molecule has 1 N–H and O–H groups in total. The van der Waals surface area contributed by atoms with Crippen LogP contribution in [0.15, 0.2) is 21.9 Å². The molecule has 0 aliphatic carbocycles. The Kier molecular flexibility index (Phi) is 9.54. The molecular weight excluding hydrogens is 416 g/mol. The molecule has 2 rings (SSSR count). The number of esters is 1. The maximum Gasteiger partial charge on any atom is 0.330 e. The Morgan fingerprint density at radius 1 is 1.27 bits per heavy atom. The standard InChI is InChI=1S/C20H31ClN2O7/c1-4-6-10-27-13-20(12-21)17(28-11-7-5-2)16(29-14(3)24)18(30-20)23-9-8-15(25)22-19(23)26/h8-9,16-18H,4-7,10-13H2,1-3H3,(H,22,25,26)/t16-,17+,18-,20-/m1/s1. The first kappa shape index (κ1) is 24.6. The van der Waals surface area contributed by atoms with Crippen LogP contribution in [0.5, 0.6) is 0 Å². The number of hydrogen-bond acceptors (Lipinski definition) is 7. The van der Waals surface area contributed by atoms with Crippen molar-refractivity contribution in [3.63, 3.8) is 0 Å². The Labute approximate surface area is 180 Å². The molecule has 2 heterocycles. The zero-order valence-corrected chi connectivity index (χ0v) is 18.5. The Balaban J connectivity index is 2.43. The number of alkyl halides is 1. The second-order valence-electron chi connectivity index (χ2n) is 7.35. The summed E-state index contributed by atoms with van der Waals surface area (Å²) >= 11 is 6.33. The molecule has 0 amide bonds. The van der Waals surface area contributed by atoms with Crippen LogP contribution in [-0.2, 0) is 23.7 Å². The second-order valence-corrected chi connectivity index (χ2v) is 7.62. The third kappa shape index (κ3) is 5.94. The molecule has 0 saturated carbocycles. The minimum atomic E-state index is -1.14. The van der Waals surface area contributed by atoms with Gasteiger partial charge in [0, 0.05) is 32.4 Å². The molecule has 9 nitrogen and oxygen atoms in total. The number of nitrogens with zero attached hydrogens (tertiary/aromatic N) is 1. The monoisotopic (exact) mass is 446 g/mol. The highest BCUT2D eigenvalue weighted by molar-refractivity contribution is 6.18. The average molecular weight is 447 g/mol. The van der Waals surface area contributed by atoms with Crippen molar-refractivity contribution in [2.24, 2.45) is 0 Å². The summed E-state index contributed by atoms with van der Waals surface area (Å²) in [6.45, 7) is 6.39. The number of ether oxygens (including phenoxy) is 4. The largest absolute Gasteiger partial charge is 0.455 e. The van der Waals surface area contributed by atoms with Crippen LogP contribution in [0.25, 0.3) is 0 Å². The highest BCUT2D eigenvalue weighted by atomic mass is 35.5. The van der Waals surface area contributed by atoms with E-state index in [0.29, 0.717) is 13.2 Å². The molecule has 10 heteroatoms. The van der Waals surface area contributed by atoms with Gasteiger partial charge in [0.15, 0.2) is 12.3 Å². The lowest BCUT2D eigenvalue weighted by atomic mass is 9.97. The Hall–Kier alpha value is -1.68. The van der Waals surface area contributed by atoms with E-state index in [-0.39, 0.29) is 12.5 Å². The molecule has 30 heavy (non-hydrogen) atoms. The molecule has 0 aromatic carbocycles. The minimum absolute atomic E-state index is 0.00227. The number of aromatic nitrogens is 2. The molecule has 1 saturated heterocycles. The number of aromatic amines is 1. The van der Waals surface area contributed by atoms with E-state index < -0.39 is 41.3 Å². The maximum absolute atomic E-state index is 12.4. The fourth-order valence-corrected chi connectivity index (χ4v) is 3.63. The summed E-state index contributed by atoms with van der Waals surface area (Å²) in [5.74, 6) is -0.546. The van der Waals surface area contributed by atoms with E-state index >= 15 is 0 Å². The molecule has 0 spiro atoms. The van der Waals surface area contributed by atoms with Gasteiger partial charge in [0.2, 0.25) is 0 Å². The lowest BCUT2D eigenvalue weighted by molar-refractivity contribution is -0.158. The maximum atomic E-state index is 12.4. The van der Waals surface area contributed by atoms with Crippen LogP contribution in [0.1, 0.15) is 52.7 Å². The molecular formula is C20H31ClN2O7. The predicted molar refractivity (Wildman–Crippen MR) is 111 cm³/mol. The quantitative estimate of drug-likeness (QED) is 0.297. The SMILES string of the molecule is CCCCOC[C@@]1(CCl)O[C@@H](n2ccc(=O)[nH]c2=O)[C@H](OC(C)=O)[C@@H]1OCCCC. The molecule has 4 atom stereocenters. The summed E-state index contributed by atoms with van der Waals surface area (Å²) in [6.07, 6.45) is 2.11. The van der Waals surface area contributed by atoms with Crippen LogP contribution in [0.2, 0.25) is 0 Å². The van der Waals surface area contributed by atoms with Gasteiger partial charge in [-0.25, -0.2) is 4.79 Å². The van der Waals surface area contributed by atoms with Crippen molar-refractivity contribution >= 4 is 17.6 Å². The van der Waals surface area contributed by atoms with Crippen molar-refractivity contribution in [2.75, 3.05) is 25.7 Å². The van der Waals surface area contributed by atoms with E-state index in [9.17, 15) is 14.4 Å². The van der Waals surface area contributed by atoms with Gasteiger partial charge >= 0.3 is 11.7 Å². The summed E-state index contributed by atoms with van der Waals surface area (Å²) in [5, 5.41) is 0. The zero-order valence-electron chi connectivity index (χ0n) is 17.7. The number of hydrogen-bond donors (Lipinski definition) is 1. The van der Waals surface area contributed by atoms with Gasteiger partial charge in [-0.05, 0) is 12.8 Å². The Morgan fingerprint density at radius 3 is 2.57 bits per heavy atom. The summed E-state index contributed by atoms with van der Waals surface area (Å²) in [5.41, 5.74) is -2.36. The van der Waals surface area contributed by atoms with Crippen molar-refractivity contribution in [3.05, 3.63) is 33.1 Å². The fraction of sp³-hybridized carbons (Fsp3) is 0.750. The molecule has 1 fully saturated rings. The van der Waals surface area contributed by atoms with E-state index in [2.05, 4.69) is 11.9 Å². The topological polar surface area (TPSA) is 109 Å². The first-order valence-electron chi connectivity index (χ1n) is 10.3. The molecule has 1 aliphatic rings. The van der Waals surface area contributed by atoms with Crippen molar-refractivity contribution < 1.29 is 23.7 Å². The van der Waals surface area contributed by atoms with E-state index in [1.807, 2.05) is 6.92 Å². The van der Waals surface area contributed by atoms with Crippen molar-refractivity contribution in [2.45, 2.75) is 70.5 Å². The smallest absolute Gasteiger partial charge is 0.330 e. The van der Waals surface area contributed by atoms with Gasteiger partial charge in [0.25, 0.3) is 5.56 Å². The Morgan fingerprint density at radius 2 is 1.97 bits per heavy atom. The summed E-state index contributed by atoms with van der Waals surface area (Å²) < 4.78 is 24.8. The number of rotatable bonds is 12. The molecule has 1 aliphatic heterocycles. The molecule has 1 aromatic rings. The summed E-state index contributed by atoms with van der Waals surface area (Å²) in [7, 11) is 0. The van der Waals surface area contributed by atoms with Crippen LogP contribution >= 0.6 is 11.6 Å². The number of nitrogens with one attached hydrogen (secondary N) is 1. The number of halogens is 1. The van der Waals surface area contributed by atoms with Crippen LogP contribution in [-0.4, -0.2) is 59.0 Å². The third-order valence-corrected chi connectivity index (χ3v) is 5.34. The normalized spacial score (nSPS) is 26.1. The van der Waals surface area contributed by atoms with Gasteiger partial charge < -0.3 is 18.9 Å². The first-order valence-corrected chi connectivity index (χ1v) is 10.8. The average Bonchev–Trinajstić information content (AvgIpc) is 2.99. The second kappa shape index (κ2) is 11.6.